The zero-order valence-corrected chi connectivity index (χ0v) is 13.6. The summed E-state index contributed by atoms with van der Waals surface area (Å²) in [6.45, 7) is 0. The predicted octanol–water partition coefficient (Wildman–Crippen LogP) is 5.29. The molecule has 0 spiro atoms. The average molecular weight is 400 g/mol. The smallest absolute Gasteiger partial charge is 0.102 e. The largest absolute Gasteiger partial charge is 0.192 e. The zero-order valence-electron chi connectivity index (χ0n) is 8.78. The van der Waals surface area contributed by atoms with E-state index in [1.54, 1.807) is 0 Å². The third-order valence-corrected chi connectivity index (χ3v) is 5.40. The van der Waals surface area contributed by atoms with Crippen LogP contribution in [0.4, 0.5) is 0 Å². The monoisotopic (exact) mass is 398 g/mol. The number of halogens is 2. The van der Waals surface area contributed by atoms with Crippen molar-refractivity contribution in [2.24, 2.45) is 0 Å². The quantitative estimate of drug-likeness (QED) is 0.643. The van der Waals surface area contributed by atoms with Gasteiger partial charge in [0.2, 0.25) is 0 Å². The summed E-state index contributed by atoms with van der Waals surface area (Å²) in [5.41, 5.74) is 0.838. The highest BCUT2D eigenvalue weighted by molar-refractivity contribution is 9.11. The lowest BCUT2D eigenvalue weighted by atomic mass is 10.1. The van der Waals surface area contributed by atoms with Gasteiger partial charge in [0.25, 0.3) is 0 Å². The van der Waals surface area contributed by atoms with Gasteiger partial charge < -0.3 is 0 Å². The first kappa shape index (κ1) is 13.5. The number of hydrogen-bond donors (Lipinski definition) is 0. The van der Waals surface area contributed by atoms with Gasteiger partial charge in [-0.3, -0.25) is 0 Å². The molecule has 2 aromatic heterocycles. The third kappa shape index (κ3) is 2.73. The maximum absolute atomic E-state index is 9.28. The van der Waals surface area contributed by atoms with E-state index in [0.29, 0.717) is 11.1 Å². The summed E-state index contributed by atoms with van der Waals surface area (Å²) < 4.78 is 1.88. The molecule has 0 radical (unpaired) electrons. The minimum Gasteiger partial charge on any atom is -0.192 e. The van der Waals surface area contributed by atoms with Crippen molar-refractivity contribution in [3.05, 3.63) is 41.6 Å². The lowest BCUT2D eigenvalue weighted by Gasteiger charge is -1.98. The van der Waals surface area contributed by atoms with Crippen LogP contribution in [0.2, 0.25) is 0 Å². The van der Waals surface area contributed by atoms with E-state index in [4.69, 9.17) is 0 Å². The number of rotatable bonds is 2. The molecule has 0 saturated heterocycles. The molecule has 2 heterocycles. The summed E-state index contributed by atoms with van der Waals surface area (Å²) in [5, 5.41) is 18.6. The fourth-order valence-electron chi connectivity index (χ4n) is 1.37. The van der Waals surface area contributed by atoms with Gasteiger partial charge in [0.15, 0.2) is 0 Å². The molecule has 0 bridgehead atoms. The molecule has 18 heavy (non-hydrogen) atoms. The molecular weight excluding hydrogens is 396 g/mol. The SMILES string of the molecule is N#CC(=C(C#N)c1ccc(Br)s1)c1ccc(Br)s1. The first-order chi connectivity index (χ1) is 8.65. The van der Waals surface area contributed by atoms with Gasteiger partial charge in [0.1, 0.15) is 12.1 Å². The molecule has 0 aliphatic heterocycles. The van der Waals surface area contributed by atoms with Crippen molar-refractivity contribution >= 4 is 65.7 Å². The predicted molar refractivity (Wildman–Crippen MR) is 82.1 cm³/mol. The van der Waals surface area contributed by atoms with Crippen LogP contribution in [0.25, 0.3) is 11.1 Å². The van der Waals surface area contributed by atoms with Crippen LogP contribution in [0.3, 0.4) is 0 Å². The van der Waals surface area contributed by atoms with Gasteiger partial charge in [0, 0.05) is 9.75 Å². The summed E-state index contributed by atoms with van der Waals surface area (Å²) >= 11 is 9.61. The van der Waals surface area contributed by atoms with E-state index >= 15 is 0 Å². The van der Waals surface area contributed by atoms with Gasteiger partial charge in [-0.25, -0.2) is 0 Å². The van der Waals surface area contributed by atoms with E-state index < -0.39 is 0 Å². The van der Waals surface area contributed by atoms with E-state index in [0.717, 1.165) is 17.3 Å². The van der Waals surface area contributed by atoms with Crippen molar-refractivity contribution in [3.8, 4) is 12.1 Å². The Bertz CT molecular complexity index is 638. The Labute approximate surface area is 129 Å². The Morgan fingerprint density at radius 2 is 1.22 bits per heavy atom. The van der Waals surface area contributed by atoms with E-state index in [-0.39, 0.29) is 0 Å². The van der Waals surface area contributed by atoms with Crippen molar-refractivity contribution in [3.63, 3.8) is 0 Å². The number of nitriles is 2. The first-order valence-electron chi connectivity index (χ1n) is 4.71. The van der Waals surface area contributed by atoms with Crippen LogP contribution in [0.1, 0.15) is 9.75 Å². The molecule has 0 aromatic carbocycles. The van der Waals surface area contributed by atoms with Crippen LogP contribution < -0.4 is 0 Å². The minimum absolute atomic E-state index is 0.419. The highest BCUT2D eigenvalue weighted by Crippen LogP contribution is 2.35. The highest BCUT2D eigenvalue weighted by atomic mass is 79.9. The molecule has 0 aliphatic carbocycles. The molecule has 6 heteroatoms. The molecular formula is C12H4Br2N2S2. The second kappa shape index (κ2) is 5.81. The molecule has 0 amide bonds. The standard InChI is InChI=1S/C12H4Br2N2S2/c13-11-3-1-9(17-11)7(5-15)8(6-16)10-2-4-12(14)18-10/h1-4H. The summed E-state index contributed by atoms with van der Waals surface area (Å²) in [6.07, 6.45) is 0. The number of thiophene rings is 2. The summed E-state index contributed by atoms with van der Waals surface area (Å²) in [5.74, 6) is 0. The Hall–Kier alpha value is -0.920. The summed E-state index contributed by atoms with van der Waals surface area (Å²) in [7, 11) is 0. The number of hydrogen-bond acceptors (Lipinski definition) is 4. The van der Waals surface area contributed by atoms with Crippen LogP contribution in [-0.4, -0.2) is 0 Å². The van der Waals surface area contributed by atoms with Crippen molar-refractivity contribution in [1.82, 2.24) is 0 Å². The van der Waals surface area contributed by atoms with Crippen molar-refractivity contribution in [1.29, 1.82) is 10.5 Å². The molecule has 2 aromatic rings. The topological polar surface area (TPSA) is 47.6 Å². The van der Waals surface area contributed by atoms with Gasteiger partial charge >= 0.3 is 0 Å². The van der Waals surface area contributed by atoms with Crippen LogP contribution in [0.15, 0.2) is 31.8 Å². The molecule has 0 aliphatic rings. The van der Waals surface area contributed by atoms with E-state index in [1.807, 2.05) is 24.3 Å². The lowest BCUT2D eigenvalue weighted by Crippen LogP contribution is -1.83. The van der Waals surface area contributed by atoms with Crippen LogP contribution in [0, 0.1) is 22.7 Å². The first-order valence-corrected chi connectivity index (χ1v) is 7.93. The van der Waals surface area contributed by atoms with Gasteiger partial charge in [-0.15, -0.1) is 22.7 Å². The maximum atomic E-state index is 9.28. The van der Waals surface area contributed by atoms with Crippen molar-refractivity contribution in [2.75, 3.05) is 0 Å². The van der Waals surface area contributed by atoms with E-state index in [9.17, 15) is 10.5 Å². The fourth-order valence-corrected chi connectivity index (χ4v) is 4.14. The third-order valence-electron chi connectivity index (χ3n) is 2.11. The Kier molecular flexibility index (Phi) is 4.36. The molecule has 2 rings (SSSR count). The van der Waals surface area contributed by atoms with Crippen LogP contribution in [0.5, 0.6) is 0 Å². The molecule has 0 N–H and O–H groups in total. The Morgan fingerprint density at radius 1 is 0.833 bits per heavy atom. The minimum atomic E-state index is 0.419. The molecule has 2 nitrogen and oxygen atoms in total. The van der Waals surface area contributed by atoms with Gasteiger partial charge in [-0.2, -0.15) is 10.5 Å². The maximum Gasteiger partial charge on any atom is 0.102 e. The Morgan fingerprint density at radius 3 is 1.44 bits per heavy atom. The second-order valence-corrected chi connectivity index (χ2v) is 8.11. The molecule has 88 valence electrons. The summed E-state index contributed by atoms with van der Waals surface area (Å²) in [4.78, 5) is 1.59. The molecule has 0 fully saturated rings. The van der Waals surface area contributed by atoms with Crippen LogP contribution in [-0.2, 0) is 0 Å². The lowest BCUT2D eigenvalue weighted by molar-refractivity contribution is 1.52. The second-order valence-electron chi connectivity index (χ2n) is 3.18. The van der Waals surface area contributed by atoms with Crippen molar-refractivity contribution in [2.45, 2.75) is 0 Å². The summed E-state index contributed by atoms with van der Waals surface area (Å²) in [6, 6.07) is 11.7. The van der Waals surface area contributed by atoms with E-state index in [1.165, 1.54) is 22.7 Å². The number of nitrogens with zero attached hydrogens (tertiary/aromatic N) is 2. The zero-order chi connectivity index (χ0) is 13.1. The molecule has 0 unspecified atom stereocenters. The van der Waals surface area contributed by atoms with Gasteiger partial charge in [0.05, 0.1) is 18.7 Å². The fraction of sp³-hybridized carbons (Fsp3) is 0. The Balaban J connectivity index is 2.61. The number of allylic oxidation sites excluding steroid dienone is 2. The normalized spacial score (nSPS) is 11.6. The average Bonchev–Trinajstić information content (AvgIpc) is 2.95. The van der Waals surface area contributed by atoms with Gasteiger partial charge in [-0.05, 0) is 56.1 Å². The highest BCUT2D eigenvalue weighted by Gasteiger charge is 2.14. The molecule has 0 atom stereocenters. The van der Waals surface area contributed by atoms with Gasteiger partial charge in [-0.1, -0.05) is 0 Å². The van der Waals surface area contributed by atoms with Crippen molar-refractivity contribution < 1.29 is 0 Å². The van der Waals surface area contributed by atoms with E-state index in [2.05, 4.69) is 44.0 Å². The molecule has 0 saturated carbocycles. The van der Waals surface area contributed by atoms with Crippen LogP contribution >= 0.6 is 54.5 Å².